The molecule has 0 aromatic carbocycles. The van der Waals surface area contributed by atoms with Crippen LogP contribution in [-0.2, 0) is 0 Å². The summed E-state index contributed by atoms with van der Waals surface area (Å²) in [6.07, 6.45) is 14.8. The summed E-state index contributed by atoms with van der Waals surface area (Å²) in [6, 6.07) is 1.65. The van der Waals surface area contributed by atoms with Crippen LogP contribution in [-0.4, -0.2) is 37.1 Å². The number of nitrogens with one attached hydrogen (secondary N) is 1. The Morgan fingerprint density at radius 3 is 2.33 bits per heavy atom. The third kappa shape index (κ3) is 2.75. The molecule has 0 bridgehead atoms. The molecule has 2 nitrogen and oxygen atoms in total. The average Bonchev–Trinajstić information content (AvgIpc) is 3.03. The first kappa shape index (κ1) is 12.9. The van der Waals surface area contributed by atoms with Crippen LogP contribution < -0.4 is 5.32 Å². The van der Waals surface area contributed by atoms with Crippen molar-refractivity contribution in [3.63, 3.8) is 0 Å². The molecule has 0 radical (unpaired) electrons. The molecule has 18 heavy (non-hydrogen) atoms. The number of hydrogen-bond acceptors (Lipinski definition) is 2. The highest BCUT2D eigenvalue weighted by Gasteiger charge is 2.38. The second-order valence-electron chi connectivity index (χ2n) is 7.17. The van der Waals surface area contributed by atoms with Gasteiger partial charge in [0.15, 0.2) is 0 Å². The zero-order chi connectivity index (χ0) is 12.4. The molecule has 1 aliphatic heterocycles. The SMILES string of the molecule is CN(CC1CCCN1)C1CCC2(CCCC2)CC1. The van der Waals surface area contributed by atoms with E-state index < -0.39 is 0 Å². The van der Waals surface area contributed by atoms with E-state index in [1.165, 1.54) is 77.3 Å². The minimum Gasteiger partial charge on any atom is -0.313 e. The molecular weight excluding hydrogens is 220 g/mol. The minimum atomic E-state index is 0.775. The quantitative estimate of drug-likeness (QED) is 0.827. The Kier molecular flexibility index (Phi) is 3.95. The zero-order valence-corrected chi connectivity index (χ0v) is 12.1. The topological polar surface area (TPSA) is 15.3 Å². The van der Waals surface area contributed by atoms with E-state index in [1.807, 2.05) is 0 Å². The van der Waals surface area contributed by atoms with Crippen molar-refractivity contribution < 1.29 is 0 Å². The van der Waals surface area contributed by atoms with Crippen LogP contribution in [0.3, 0.4) is 0 Å². The zero-order valence-electron chi connectivity index (χ0n) is 12.1. The summed E-state index contributed by atoms with van der Waals surface area (Å²) in [4.78, 5) is 2.66. The molecule has 0 aromatic rings. The first-order valence-corrected chi connectivity index (χ1v) is 8.21. The van der Waals surface area contributed by atoms with Crippen molar-refractivity contribution in [2.75, 3.05) is 20.1 Å². The maximum absolute atomic E-state index is 3.63. The summed E-state index contributed by atoms with van der Waals surface area (Å²) < 4.78 is 0. The standard InChI is InChI=1S/C16H30N2/c1-18(13-14-5-4-12-17-14)15-6-10-16(11-7-15)8-2-3-9-16/h14-15,17H,2-13H2,1H3. The van der Waals surface area contributed by atoms with Gasteiger partial charge in [0, 0.05) is 18.6 Å². The smallest absolute Gasteiger partial charge is 0.0195 e. The lowest BCUT2D eigenvalue weighted by Crippen LogP contribution is -2.43. The Hall–Kier alpha value is -0.0800. The van der Waals surface area contributed by atoms with Crippen molar-refractivity contribution in [1.82, 2.24) is 10.2 Å². The third-order valence-electron chi connectivity index (χ3n) is 5.97. The number of rotatable bonds is 3. The fourth-order valence-corrected chi connectivity index (χ4v) is 4.69. The van der Waals surface area contributed by atoms with Crippen molar-refractivity contribution in [3.8, 4) is 0 Å². The van der Waals surface area contributed by atoms with Gasteiger partial charge in [0.1, 0.15) is 0 Å². The van der Waals surface area contributed by atoms with Crippen LogP contribution >= 0.6 is 0 Å². The summed E-state index contributed by atoms with van der Waals surface area (Å²) >= 11 is 0. The maximum Gasteiger partial charge on any atom is 0.0195 e. The maximum atomic E-state index is 3.63. The molecule has 3 aliphatic rings. The fourth-order valence-electron chi connectivity index (χ4n) is 4.69. The van der Waals surface area contributed by atoms with E-state index in [1.54, 1.807) is 0 Å². The Bertz CT molecular complexity index is 254. The second kappa shape index (κ2) is 5.50. The molecule has 1 N–H and O–H groups in total. The number of hydrogen-bond donors (Lipinski definition) is 1. The van der Waals surface area contributed by atoms with Crippen molar-refractivity contribution >= 4 is 0 Å². The van der Waals surface area contributed by atoms with Gasteiger partial charge in [-0.2, -0.15) is 0 Å². The van der Waals surface area contributed by atoms with Crippen LogP contribution in [0.25, 0.3) is 0 Å². The van der Waals surface area contributed by atoms with Crippen LogP contribution in [0.15, 0.2) is 0 Å². The molecule has 3 rings (SSSR count). The van der Waals surface area contributed by atoms with E-state index in [4.69, 9.17) is 0 Å². The van der Waals surface area contributed by atoms with Gasteiger partial charge in [0.05, 0.1) is 0 Å². The molecule has 1 atom stereocenters. The summed E-state index contributed by atoms with van der Waals surface area (Å²) in [5.74, 6) is 0. The molecule has 104 valence electrons. The van der Waals surface area contributed by atoms with Gasteiger partial charge < -0.3 is 10.2 Å². The first-order chi connectivity index (χ1) is 8.77. The van der Waals surface area contributed by atoms with Crippen LogP contribution in [0.5, 0.6) is 0 Å². The van der Waals surface area contributed by atoms with E-state index >= 15 is 0 Å². The lowest BCUT2D eigenvalue weighted by Gasteiger charge is -2.41. The van der Waals surface area contributed by atoms with Gasteiger partial charge in [-0.15, -0.1) is 0 Å². The minimum absolute atomic E-state index is 0.775. The van der Waals surface area contributed by atoms with Gasteiger partial charge in [0.2, 0.25) is 0 Å². The summed E-state index contributed by atoms with van der Waals surface area (Å²) in [5, 5.41) is 3.63. The molecule has 2 aliphatic carbocycles. The average molecular weight is 250 g/mol. The fraction of sp³-hybridized carbons (Fsp3) is 1.00. The molecule has 1 unspecified atom stereocenters. The highest BCUT2D eigenvalue weighted by atomic mass is 15.2. The van der Waals surface area contributed by atoms with E-state index in [-0.39, 0.29) is 0 Å². The Labute approximate surface area is 113 Å². The molecule has 3 fully saturated rings. The monoisotopic (exact) mass is 250 g/mol. The molecule has 2 heteroatoms. The lowest BCUT2D eigenvalue weighted by molar-refractivity contribution is 0.103. The van der Waals surface area contributed by atoms with Crippen molar-refractivity contribution in [2.45, 2.75) is 76.3 Å². The van der Waals surface area contributed by atoms with Gasteiger partial charge >= 0.3 is 0 Å². The highest BCUT2D eigenvalue weighted by Crippen LogP contribution is 2.49. The van der Waals surface area contributed by atoms with Gasteiger partial charge in [-0.05, 0) is 70.4 Å². The van der Waals surface area contributed by atoms with E-state index in [0.29, 0.717) is 0 Å². The number of likely N-dealkylation sites (N-methyl/N-ethyl adjacent to an activating group) is 1. The largest absolute Gasteiger partial charge is 0.313 e. The van der Waals surface area contributed by atoms with Gasteiger partial charge in [-0.3, -0.25) is 0 Å². The van der Waals surface area contributed by atoms with Gasteiger partial charge in [-0.1, -0.05) is 12.8 Å². The molecule has 1 saturated heterocycles. The Morgan fingerprint density at radius 2 is 1.72 bits per heavy atom. The predicted octanol–water partition coefficient (Wildman–Crippen LogP) is 3.17. The summed E-state index contributed by atoms with van der Waals surface area (Å²) in [6.45, 7) is 2.52. The Morgan fingerprint density at radius 1 is 1.00 bits per heavy atom. The normalized spacial score (nSPS) is 32.7. The van der Waals surface area contributed by atoms with Crippen molar-refractivity contribution in [1.29, 1.82) is 0 Å². The van der Waals surface area contributed by atoms with Crippen LogP contribution in [0.1, 0.15) is 64.2 Å². The molecule has 0 amide bonds. The van der Waals surface area contributed by atoms with E-state index in [2.05, 4.69) is 17.3 Å². The van der Waals surface area contributed by atoms with Crippen molar-refractivity contribution in [3.05, 3.63) is 0 Å². The van der Waals surface area contributed by atoms with Crippen LogP contribution in [0, 0.1) is 5.41 Å². The molecule has 0 aromatic heterocycles. The third-order valence-corrected chi connectivity index (χ3v) is 5.97. The van der Waals surface area contributed by atoms with Crippen LogP contribution in [0.2, 0.25) is 0 Å². The molecular formula is C16H30N2. The van der Waals surface area contributed by atoms with E-state index in [0.717, 1.165) is 17.5 Å². The summed E-state index contributed by atoms with van der Waals surface area (Å²) in [7, 11) is 2.36. The molecule has 1 spiro atoms. The molecule has 1 heterocycles. The number of nitrogens with zero attached hydrogens (tertiary/aromatic N) is 1. The van der Waals surface area contributed by atoms with E-state index in [9.17, 15) is 0 Å². The lowest BCUT2D eigenvalue weighted by atomic mass is 9.71. The Balaban J connectivity index is 1.46. The van der Waals surface area contributed by atoms with Gasteiger partial charge in [-0.25, -0.2) is 0 Å². The van der Waals surface area contributed by atoms with Crippen molar-refractivity contribution in [2.24, 2.45) is 5.41 Å². The molecule has 2 saturated carbocycles. The second-order valence-corrected chi connectivity index (χ2v) is 7.17. The first-order valence-electron chi connectivity index (χ1n) is 8.21. The summed E-state index contributed by atoms with van der Waals surface area (Å²) in [5.41, 5.74) is 0.795. The van der Waals surface area contributed by atoms with Gasteiger partial charge in [0.25, 0.3) is 0 Å². The highest BCUT2D eigenvalue weighted by molar-refractivity contribution is 4.92. The predicted molar refractivity (Wildman–Crippen MR) is 76.8 cm³/mol. The van der Waals surface area contributed by atoms with Crippen LogP contribution in [0.4, 0.5) is 0 Å².